The van der Waals surface area contributed by atoms with E-state index in [4.69, 9.17) is 17.3 Å². The summed E-state index contributed by atoms with van der Waals surface area (Å²) in [5.41, 5.74) is 7.75. The van der Waals surface area contributed by atoms with Crippen molar-refractivity contribution in [3.8, 4) is 0 Å². The van der Waals surface area contributed by atoms with E-state index in [9.17, 15) is 8.42 Å². The molecule has 1 aromatic heterocycles. The van der Waals surface area contributed by atoms with Crippen molar-refractivity contribution in [1.29, 1.82) is 0 Å². The van der Waals surface area contributed by atoms with Crippen LogP contribution in [0, 0.1) is 0 Å². The molecule has 30 heavy (non-hydrogen) atoms. The van der Waals surface area contributed by atoms with E-state index in [0.29, 0.717) is 14.5 Å². The molecular formula is C20H15ClN4O2S3. The van der Waals surface area contributed by atoms with Crippen LogP contribution in [0.3, 0.4) is 0 Å². The van der Waals surface area contributed by atoms with Gasteiger partial charge >= 0.3 is 0 Å². The fourth-order valence-corrected chi connectivity index (χ4v) is 7.24. The van der Waals surface area contributed by atoms with Gasteiger partial charge in [-0.25, -0.2) is 13.1 Å². The maximum atomic E-state index is 13.2. The van der Waals surface area contributed by atoms with Crippen molar-refractivity contribution in [3.63, 3.8) is 0 Å². The normalized spacial score (nSPS) is 18.2. The van der Waals surface area contributed by atoms with Gasteiger partial charge in [-0.15, -0.1) is 10.2 Å². The Kier molecular flexibility index (Phi) is 4.95. The van der Waals surface area contributed by atoms with E-state index >= 15 is 0 Å². The Balaban J connectivity index is 1.59. The molecule has 0 unspecified atom stereocenters. The second-order valence-corrected chi connectivity index (χ2v) is 11.3. The quantitative estimate of drug-likeness (QED) is 0.431. The molecule has 4 aromatic rings. The van der Waals surface area contributed by atoms with Gasteiger partial charge in [0.2, 0.25) is 15.2 Å². The highest BCUT2D eigenvalue weighted by Crippen LogP contribution is 2.53. The van der Waals surface area contributed by atoms with E-state index in [1.54, 1.807) is 12.1 Å². The minimum absolute atomic E-state index is 0.166. The third-order valence-corrected chi connectivity index (χ3v) is 8.83. The summed E-state index contributed by atoms with van der Waals surface area (Å²) in [6, 6.07) is 17.7. The summed E-state index contributed by atoms with van der Waals surface area (Å²) < 4.78 is 29.9. The molecule has 0 saturated carbocycles. The van der Waals surface area contributed by atoms with Crippen LogP contribution in [-0.2, 0) is 10.0 Å². The summed E-state index contributed by atoms with van der Waals surface area (Å²) in [5, 5.41) is 10.8. The van der Waals surface area contributed by atoms with Crippen molar-refractivity contribution in [1.82, 2.24) is 14.9 Å². The standard InChI is InChI=1S/C20H15ClN4O2S3/c21-12-7-9-13(10-8-12)30(26,27)25-17-14-5-1-3-11-4-2-6-15(16(11)14)18(17)28-20-24-23-19(22)29-20/h1-10,17-18,25H,(H2,22,23)/t17-,18+/m0/s1. The second-order valence-electron chi connectivity index (χ2n) is 6.79. The molecule has 0 aliphatic heterocycles. The fourth-order valence-electron chi connectivity index (χ4n) is 3.72. The molecule has 0 bridgehead atoms. The largest absolute Gasteiger partial charge is 0.374 e. The Hall–Kier alpha value is -2.17. The number of halogens is 1. The first-order chi connectivity index (χ1) is 14.4. The molecule has 0 fully saturated rings. The number of anilines is 1. The zero-order chi connectivity index (χ0) is 20.9. The van der Waals surface area contributed by atoms with E-state index < -0.39 is 16.1 Å². The molecule has 3 N–H and O–H groups in total. The van der Waals surface area contributed by atoms with Gasteiger partial charge in [0.1, 0.15) is 0 Å². The zero-order valence-corrected chi connectivity index (χ0v) is 18.5. The third kappa shape index (κ3) is 3.46. The van der Waals surface area contributed by atoms with Crippen LogP contribution in [0.1, 0.15) is 22.4 Å². The number of sulfonamides is 1. The predicted molar refractivity (Wildman–Crippen MR) is 121 cm³/mol. The number of rotatable bonds is 5. The first-order valence-electron chi connectivity index (χ1n) is 8.97. The number of hydrogen-bond donors (Lipinski definition) is 2. The average molecular weight is 475 g/mol. The van der Waals surface area contributed by atoms with Crippen LogP contribution in [0.4, 0.5) is 5.13 Å². The van der Waals surface area contributed by atoms with Gasteiger partial charge in [0.25, 0.3) is 0 Å². The maximum absolute atomic E-state index is 13.2. The zero-order valence-electron chi connectivity index (χ0n) is 15.3. The molecule has 1 heterocycles. The minimum Gasteiger partial charge on any atom is -0.374 e. The molecule has 1 aliphatic rings. The number of nitrogens with one attached hydrogen (secondary N) is 1. The van der Waals surface area contributed by atoms with Crippen molar-refractivity contribution in [3.05, 3.63) is 76.8 Å². The predicted octanol–water partition coefficient (Wildman–Crippen LogP) is 4.79. The number of benzene rings is 3. The highest BCUT2D eigenvalue weighted by atomic mass is 35.5. The number of thioether (sulfide) groups is 1. The molecule has 5 rings (SSSR count). The Morgan fingerprint density at radius 3 is 2.37 bits per heavy atom. The number of nitrogen functional groups attached to an aromatic ring is 1. The molecule has 0 saturated heterocycles. The molecule has 6 nitrogen and oxygen atoms in total. The lowest BCUT2D eigenvalue weighted by atomic mass is 10.1. The highest BCUT2D eigenvalue weighted by molar-refractivity contribution is 8.01. The van der Waals surface area contributed by atoms with Crippen molar-refractivity contribution in [2.24, 2.45) is 0 Å². The van der Waals surface area contributed by atoms with E-state index in [1.165, 1.54) is 35.2 Å². The Morgan fingerprint density at radius 1 is 1.00 bits per heavy atom. The van der Waals surface area contributed by atoms with E-state index in [0.717, 1.165) is 21.9 Å². The SMILES string of the molecule is Nc1nnc(S[C@@H]2c3cccc4cccc(c34)[C@@H]2NS(=O)(=O)c2ccc(Cl)cc2)s1. The van der Waals surface area contributed by atoms with Gasteiger partial charge in [-0.3, -0.25) is 0 Å². The third-order valence-electron chi connectivity index (χ3n) is 4.97. The van der Waals surface area contributed by atoms with Crippen molar-refractivity contribution in [2.45, 2.75) is 20.5 Å². The first-order valence-corrected chi connectivity index (χ1v) is 12.5. The van der Waals surface area contributed by atoms with Gasteiger partial charge in [0.05, 0.1) is 16.2 Å². The molecule has 152 valence electrons. The Labute approximate surface area is 186 Å². The lowest BCUT2D eigenvalue weighted by molar-refractivity contribution is 0.557. The van der Waals surface area contributed by atoms with Crippen LogP contribution in [-0.4, -0.2) is 18.6 Å². The number of nitrogens with zero attached hydrogens (tertiary/aromatic N) is 2. The molecule has 0 spiro atoms. The van der Waals surface area contributed by atoms with E-state index in [1.807, 2.05) is 36.4 Å². The average Bonchev–Trinajstić information content (AvgIpc) is 3.26. The van der Waals surface area contributed by atoms with Gasteiger partial charge in [-0.1, -0.05) is 71.1 Å². The van der Waals surface area contributed by atoms with Crippen LogP contribution in [0.5, 0.6) is 0 Å². The lowest BCUT2D eigenvalue weighted by Gasteiger charge is -2.22. The van der Waals surface area contributed by atoms with Crippen LogP contribution in [0.25, 0.3) is 10.8 Å². The summed E-state index contributed by atoms with van der Waals surface area (Å²) in [4.78, 5) is 0.166. The minimum atomic E-state index is -3.77. The van der Waals surface area contributed by atoms with Crippen LogP contribution < -0.4 is 10.5 Å². The van der Waals surface area contributed by atoms with Gasteiger partial charge in [0.15, 0.2) is 4.34 Å². The summed E-state index contributed by atoms with van der Waals surface area (Å²) in [7, 11) is -3.77. The summed E-state index contributed by atoms with van der Waals surface area (Å²) >= 11 is 8.67. The van der Waals surface area contributed by atoms with Gasteiger partial charge < -0.3 is 5.73 Å². The molecule has 0 radical (unpaired) electrons. The van der Waals surface area contributed by atoms with Crippen molar-refractivity contribution >= 4 is 60.6 Å². The van der Waals surface area contributed by atoms with Crippen LogP contribution >= 0.6 is 34.7 Å². The van der Waals surface area contributed by atoms with Crippen LogP contribution in [0.2, 0.25) is 5.02 Å². The Bertz CT molecular complexity index is 1350. The number of nitrogens with two attached hydrogens (primary N) is 1. The van der Waals surface area contributed by atoms with Crippen molar-refractivity contribution in [2.75, 3.05) is 5.73 Å². The molecule has 10 heteroatoms. The molecule has 3 aromatic carbocycles. The monoisotopic (exact) mass is 474 g/mol. The Morgan fingerprint density at radius 2 is 1.70 bits per heavy atom. The second kappa shape index (κ2) is 7.51. The van der Waals surface area contributed by atoms with Gasteiger partial charge in [-0.2, -0.15) is 0 Å². The molecule has 2 atom stereocenters. The van der Waals surface area contributed by atoms with E-state index in [-0.39, 0.29) is 10.1 Å². The van der Waals surface area contributed by atoms with Gasteiger partial charge in [0, 0.05) is 5.02 Å². The van der Waals surface area contributed by atoms with Gasteiger partial charge in [-0.05, 0) is 46.2 Å². The van der Waals surface area contributed by atoms with Crippen molar-refractivity contribution < 1.29 is 8.42 Å². The number of aromatic nitrogens is 2. The molecule has 1 aliphatic carbocycles. The topological polar surface area (TPSA) is 98.0 Å². The van der Waals surface area contributed by atoms with E-state index in [2.05, 4.69) is 14.9 Å². The first kappa shape index (κ1) is 19.8. The summed E-state index contributed by atoms with van der Waals surface area (Å²) in [5.74, 6) is 0. The number of hydrogen-bond acceptors (Lipinski definition) is 7. The highest BCUT2D eigenvalue weighted by Gasteiger charge is 2.38. The van der Waals surface area contributed by atoms with Crippen LogP contribution in [0.15, 0.2) is 69.9 Å². The lowest BCUT2D eigenvalue weighted by Crippen LogP contribution is -2.29. The fraction of sp³-hybridized carbons (Fsp3) is 0.100. The summed E-state index contributed by atoms with van der Waals surface area (Å²) in [6.07, 6.45) is 0. The molecular weight excluding hydrogens is 460 g/mol. The maximum Gasteiger partial charge on any atom is 0.241 e. The molecule has 0 amide bonds. The smallest absolute Gasteiger partial charge is 0.241 e. The summed E-state index contributed by atoms with van der Waals surface area (Å²) in [6.45, 7) is 0.